The molecule has 1 amide bonds. The number of hydrogen-bond donors (Lipinski definition) is 2. The summed E-state index contributed by atoms with van der Waals surface area (Å²) < 4.78 is 20.0. The third-order valence-corrected chi connectivity index (χ3v) is 4.69. The van der Waals surface area contributed by atoms with Crippen LogP contribution in [0.3, 0.4) is 0 Å². The summed E-state index contributed by atoms with van der Waals surface area (Å²) in [6, 6.07) is 4.91. The minimum Gasteiger partial charge on any atom is -0.443 e. The zero-order valence-electron chi connectivity index (χ0n) is 15.9. The van der Waals surface area contributed by atoms with Gasteiger partial charge in [-0.15, -0.1) is 0 Å². The highest BCUT2D eigenvalue weighted by molar-refractivity contribution is 5.90. The minimum absolute atomic E-state index is 0.221. The zero-order valence-corrected chi connectivity index (χ0v) is 15.9. The van der Waals surface area contributed by atoms with Crippen molar-refractivity contribution in [3.63, 3.8) is 0 Å². The van der Waals surface area contributed by atoms with Gasteiger partial charge >= 0.3 is 6.09 Å². The predicted molar refractivity (Wildman–Crippen MR) is 103 cm³/mol. The Kier molecular flexibility index (Phi) is 6.25. The monoisotopic (exact) mass is 389 g/mol. The maximum atomic E-state index is 14.7. The molecule has 0 radical (unpaired) electrons. The molecule has 4 rings (SSSR count). The van der Waals surface area contributed by atoms with Crippen molar-refractivity contribution in [3.8, 4) is 0 Å². The van der Waals surface area contributed by atoms with Crippen LogP contribution in [-0.2, 0) is 22.5 Å². The molecule has 28 heavy (non-hydrogen) atoms. The Labute approximate surface area is 162 Å². The second-order valence-electron chi connectivity index (χ2n) is 6.59. The molecule has 0 spiro atoms. The van der Waals surface area contributed by atoms with Gasteiger partial charge in [0.15, 0.2) is 0 Å². The van der Waals surface area contributed by atoms with Crippen LogP contribution in [0.1, 0.15) is 18.2 Å². The maximum absolute atomic E-state index is 14.7. The Morgan fingerprint density at radius 2 is 2.25 bits per heavy atom. The Balaban J connectivity index is 0.000000706. The van der Waals surface area contributed by atoms with Gasteiger partial charge < -0.3 is 19.7 Å². The molecular formula is C19H24FN5O3. The molecular weight excluding hydrogens is 365 g/mol. The molecule has 1 aromatic heterocycles. The Morgan fingerprint density at radius 3 is 2.96 bits per heavy atom. The third-order valence-electron chi connectivity index (χ3n) is 4.69. The van der Waals surface area contributed by atoms with Crippen molar-refractivity contribution >= 4 is 23.8 Å². The number of likely N-dealkylation sites (N-methyl/N-ethyl adjacent to an activating group) is 1. The lowest BCUT2D eigenvalue weighted by atomic mass is 10.1. The lowest BCUT2D eigenvalue weighted by molar-refractivity contribution is -0.106. The summed E-state index contributed by atoms with van der Waals surface area (Å²) in [7, 11) is 1.80. The molecule has 1 saturated heterocycles. The van der Waals surface area contributed by atoms with Crippen LogP contribution in [0.15, 0.2) is 24.4 Å². The summed E-state index contributed by atoms with van der Waals surface area (Å²) in [6.45, 7) is 3.78. The molecule has 8 nitrogen and oxygen atoms in total. The van der Waals surface area contributed by atoms with Gasteiger partial charge in [0.2, 0.25) is 0 Å². The van der Waals surface area contributed by atoms with Crippen LogP contribution in [-0.4, -0.2) is 55.4 Å². The van der Waals surface area contributed by atoms with Crippen LogP contribution in [0.4, 0.5) is 20.6 Å². The van der Waals surface area contributed by atoms with Crippen LogP contribution < -0.4 is 15.1 Å². The summed E-state index contributed by atoms with van der Waals surface area (Å²) in [5.74, 6) is -0.339. The number of H-pyrrole nitrogens is 1. The number of hydrogen-bond acceptors (Lipinski definition) is 6. The van der Waals surface area contributed by atoms with Gasteiger partial charge in [0.1, 0.15) is 18.2 Å². The first kappa shape index (κ1) is 19.8. The summed E-state index contributed by atoms with van der Waals surface area (Å²) >= 11 is 0. The Hall–Kier alpha value is -2.94. The Bertz CT molecular complexity index is 841. The van der Waals surface area contributed by atoms with Crippen LogP contribution in [0.2, 0.25) is 0 Å². The number of cyclic esters (lactones) is 1. The smallest absolute Gasteiger partial charge is 0.414 e. The average molecular weight is 389 g/mol. The molecule has 1 atom stereocenters. The zero-order chi connectivity index (χ0) is 20.1. The van der Waals surface area contributed by atoms with Crippen molar-refractivity contribution in [1.82, 2.24) is 15.5 Å². The van der Waals surface area contributed by atoms with Crippen molar-refractivity contribution in [1.29, 1.82) is 0 Å². The van der Waals surface area contributed by atoms with Gasteiger partial charge in [-0.2, -0.15) is 5.10 Å². The van der Waals surface area contributed by atoms with Crippen LogP contribution in [0.25, 0.3) is 0 Å². The highest BCUT2D eigenvalue weighted by Crippen LogP contribution is 2.30. The highest BCUT2D eigenvalue weighted by Gasteiger charge is 2.32. The number of amides is 1. The second-order valence-corrected chi connectivity index (χ2v) is 6.59. The number of rotatable bonds is 4. The van der Waals surface area contributed by atoms with E-state index in [-0.39, 0.29) is 11.9 Å². The molecule has 2 N–H and O–H groups in total. The molecule has 9 heteroatoms. The number of fused-ring (bicyclic) bond motifs is 1. The first-order valence-electron chi connectivity index (χ1n) is 9.15. The lowest BCUT2D eigenvalue weighted by Crippen LogP contribution is -2.31. The van der Waals surface area contributed by atoms with Gasteiger partial charge in [0.25, 0.3) is 0 Å². The number of halogens is 1. The molecule has 2 aromatic rings. The van der Waals surface area contributed by atoms with Gasteiger partial charge in [0, 0.05) is 37.3 Å². The van der Waals surface area contributed by atoms with E-state index in [0.717, 1.165) is 30.5 Å². The number of ether oxygens (including phenoxy) is 1. The van der Waals surface area contributed by atoms with Crippen molar-refractivity contribution < 1.29 is 18.7 Å². The van der Waals surface area contributed by atoms with E-state index < -0.39 is 6.09 Å². The number of carbonyl (C=O) groups excluding carboxylic acids is 2. The number of anilines is 2. The van der Waals surface area contributed by atoms with E-state index in [1.807, 2.05) is 4.90 Å². The first-order valence-corrected chi connectivity index (χ1v) is 9.15. The minimum atomic E-state index is -0.437. The van der Waals surface area contributed by atoms with Gasteiger partial charge in [-0.05, 0) is 32.2 Å². The number of aromatic amines is 1. The van der Waals surface area contributed by atoms with Gasteiger partial charge in [0.05, 0.1) is 24.1 Å². The second kappa shape index (κ2) is 8.83. The van der Waals surface area contributed by atoms with E-state index in [0.29, 0.717) is 31.0 Å². The number of aromatic nitrogens is 2. The van der Waals surface area contributed by atoms with Crippen molar-refractivity contribution in [2.24, 2.45) is 0 Å². The molecule has 0 aliphatic carbocycles. The molecule has 2 aliphatic heterocycles. The summed E-state index contributed by atoms with van der Waals surface area (Å²) in [5.41, 5.74) is 3.26. The molecule has 3 heterocycles. The summed E-state index contributed by atoms with van der Waals surface area (Å²) in [6.07, 6.45) is 2.69. The van der Waals surface area contributed by atoms with Crippen LogP contribution >= 0.6 is 0 Å². The molecule has 0 saturated carbocycles. The SMILES string of the molecule is CC=O.CNCC1CN(c2ccc(N3CCc4[nH]ncc4C3)c(F)c2)C(=O)O1. The number of carbonyl (C=O) groups is 2. The van der Waals surface area contributed by atoms with E-state index in [1.165, 1.54) is 17.9 Å². The molecule has 1 aromatic carbocycles. The van der Waals surface area contributed by atoms with E-state index in [9.17, 15) is 9.18 Å². The molecule has 0 bridgehead atoms. The first-order chi connectivity index (χ1) is 13.6. The van der Waals surface area contributed by atoms with Gasteiger partial charge in [-0.3, -0.25) is 10.00 Å². The summed E-state index contributed by atoms with van der Waals surface area (Å²) in [4.78, 5) is 24.3. The normalized spacial score (nSPS) is 18.2. The molecule has 1 unspecified atom stereocenters. The topological polar surface area (TPSA) is 90.6 Å². The third kappa shape index (κ3) is 4.14. The molecule has 150 valence electrons. The fourth-order valence-electron chi connectivity index (χ4n) is 3.41. The molecule has 2 aliphatic rings. The fourth-order valence-corrected chi connectivity index (χ4v) is 3.41. The fraction of sp³-hybridized carbons (Fsp3) is 0.421. The summed E-state index contributed by atoms with van der Waals surface area (Å²) in [5, 5.41) is 10.00. The average Bonchev–Trinajstić information content (AvgIpc) is 3.28. The van der Waals surface area contributed by atoms with Crippen molar-refractivity contribution in [2.45, 2.75) is 26.0 Å². The van der Waals surface area contributed by atoms with E-state index in [4.69, 9.17) is 9.53 Å². The van der Waals surface area contributed by atoms with E-state index >= 15 is 0 Å². The van der Waals surface area contributed by atoms with Gasteiger partial charge in [-0.1, -0.05) is 0 Å². The van der Waals surface area contributed by atoms with Crippen molar-refractivity contribution in [3.05, 3.63) is 41.5 Å². The molecule has 1 fully saturated rings. The Morgan fingerprint density at radius 1 is 1.46 bits per heavy atom. The van der Waals surface area contributed by atoms with E-state index in [2.05, 4.69) is 15.5 Å². The maximum Gasteiger partial charge on any atom is 0.414 e. The number of nitrogens with one attached hydrogen (secondary N) is 2. The highest BCUT2D eigenvalue weighted by atomic mass is 19.1. The predicted octanol–water partition coefficient (Wildman–Crippen LogP) is 1.86. The van der Waals surface area contributed by atoms with Crippen molar-refractivity contribution in [2.75, 3.05) is 36.5 Å². The lowest BCUT2D eigenvalue weighted by Gasteiger charge is -2.29. The largest absolute Gasteiger partial charge is 0.443 e. The standard InChI is InChI=1S/C17H20FN5O2.C2H4O/c1-19-8-13-10-23(17(24)25-13)12-2-3-16(14(18)6-12)22-5-4-15-11(9-22)7-20-21-15;1-2-3/h2-3,6-7,13,19H,4-5,8-10H2,1H3,(H,20,21);2H,1H3. The van der Waals surface area contributed by atoms with Gasteiger partial charge in [-0.25, -0.2) is 9.18 Å². The number of nitrogens with zero attached hydrogens (tertiary/aromatic N) is 3. The van der Waals surface area contributed by atoms with Crippen LogP contribution in [0.5, 0.6) is 0 Å². The van der Waals surface area contributed by atoms with Crippen LogP contribution in [0, 0.1) is 5.82 Å². The number of aldehydes is 1. The number of benzene rings is 1. The van der Waals surface area contributed by atoms with E-state index in [1.54, 1.807) is 25.4 Å². The quantitative estimate of drug-likeness (QED) is 0.776.